The standard InChI is InChI=1S/C25H27N7/c1-30-10-12-31(13-11-30)24-15-23(28-25(27)29-24)20-5-4-19-8-9-32(17-21(19)14-20)22-6-2-18(16-26)3-7-22/h2-7,14-15H,8-13,17H2,1H3,(H2,27,28,29). The number of rotatable bonds is 3. The molecule has 2 N–H and O–H groups in total. The van der Waals surface area contributed by atoms with Crippen molar-refractivity contribution in [3.8, 4) is 17.3 Å². The molecule has 3 aromatic rings. The summed E-state index contributed by atoms with van der Waals surface area (Å²) in [5.41, 5.74) is 12.5. The first-order valence-corrected chi connectivity index (χ1v) is 11.0. The molecule has 0 atom stereocenters. The molecule has 0 bridgehead atoms. The molecule has 5 rings (SSSR count). The van der Waals surface area contributed by atoms with Gasteiger partial charge in [0.15, 0.2) is 0 Å². The molecule has 1 saturated heterocycles. The quantitative estimate of drug-likeness (QED) is 0.691. The maximum atomic E-state index is 9.05. The molecule has 2 aliphatic heterocycles. The Bertz CT molecular complexity index is 1160. The number of fused-ring (bicyclic) bond motifs is 1. The van der Waals surface area contributed by atoms with E-state index in [1.165, 1.54) is 11.1 Å². The number of aromatic nitrogens is 2. The Morgan fingerprint density at radius 2 is 1.66 bits per heavy atom. The molecule has 0 aliphatic carbocycles. The van der Waals surface area contributed by atoms with E-state index < -0.39 is 0 Å². The third-order valence-corrected chi connectivity index (χ3v) is 6.43. The Labute approximate surface area is 188 Å². The van der Waals surface area contributed by atoms with Crippen LogP contribution in [-0.4, -0.2) is 54.6 Å². The number of nitrogens with two attached hydrogens (primary N) is 1. The number of nitrogen functional groups attached to an aromatic ring is 1. The number of hydrogen-bond acceptors (Lipinski definition) is 7. The predicted molar refractivity (Wildman–Crippen MR) is 128 cm³/mol. The zero-order chi connectivity index (χ0) is 22.1. The SMILES string of the molecule is CN1CCN(c2cc(-c3ccc4c(c3)CN(c3ccc(C#N)cc3)CC4)nc(N)n2)CC1. The van der Waals surface area contributed by atoms with Gasteiger partial charge in [-0.3, -0.25) is 0 Å². The van der Waals surface area contributed by atoms with Crippen LogP contribution in [-0.2, 0) is 13.0 Å². The summed E-state index contributed by atoms with van der Waals surface area (Å²) >= 11 is 0. The van der Waals surface area contributed by atoms with Gasteiger partial charge < -0.3 is 20.4 Å². The third kappa shape index (κ3) is 4.10. The summed E-state index contributed by atoms with van der Waals surface area (Å²) in [6.07, 6.45) is 0.994. The van der Waals surface area contributed by atoms with Crippen molar-refractivity contribution >= 4 is 17.5 Å². The molecule has 0 saturated carbocycles. The summed E-state index contributed by atoms with van der Waals surface area (Å²) < 4.78 is 0. The molecule has 0 spiro atoms. The second-order valence-corrected chi connectivity index (χ2v) is 8.57. The van der Waals surface area contributed by atoms with Gasteiger partial charge in [0.25, 0.3) is 0 Å². The van der Waals surface area contributed by atoms with Crippen molar-refractivity contribution in [3.63, 3.8) is 0 Å². The van der Waals surface area contributed by atoms with Gasteiger partial charge >= 0.3 is 0 Å². The molecule has 32 heavy (non-hydrogen) atoms. The second kappa shape index (κ2) is 8.48. The van der Waals surface area contributed by atoms with Gasteiger partial charge in [-0.25, -0.2) is 4.98 Å². The molecule has 1 aromatic heterocycles. The maximum absolute atomic E-state index is 9.05. The van der Waals surface area contributed by atoms with E-state index in [1.807, 2.05) is 24.3 Å². The Morgan fingerprint density at radius 3 is 2.41 bits per heavy atom. The van der Waals surface area contributed by atoms with E-state index >= 15 is 0 Å². The summed E-state index contributed by atoms with van der Waals surface area (Å²) in [6, 6.07) is 18.7. The number of nitriles is 1. The normalized spacial score (nSPS) is 16.5. The molecule has 1 fully saturated rings. The van der Waals surface area contributed by atoms with Crippen molar-refractivity contribution in [2.75, 3.05) is 55.3 Å². The number of nitrogens with zero attached hydrogens (tertiary/aromatic N) is 6. The fraction of sp³-hybridized carbons (Fsp3) is 0.320. The van der Waals surface area contributed by atoms with Gasteiger partial charge in [-0.2, -0.15) is 10.2 Å². The van der Waals surface area contributed by atoms with Crippen LogP contribution in [0.2, 0.25) is 0 Å². The van der Waals surface area contributed by atoms with Gasteiger partial charge in [-0.05, 0) is 54.9 Å². The Kier molecular flexibility index (Phi) is 5.38. The van der Waals surface area contributed by atoms with Crippen LogP contribution in [0.1, 0.15) is 16.7 Å². The summed E-state index contributed by atoms with van der Waals surface area (Å²) in [6.45, 7) is 5.71. The smallest absolute Gasteiger partial charge is 0.222 e. The number of benzene rings is 2. The summed E-state index contributed by atoms with van der Waals surface area (Å²) in [4.78, 5) is 16.0. The zero-order valence-electron chi connectivity index (χ0n) is 18.3. The summed E-state index contributed by atoms with van der Waals surface area (Å²) in [5, 5.41) is 9.05. The first-order valence-electron chi connectivity index (χ1n) is 11.0. The Balaban J connectivity index is 1.41. The minimum Gasteiger partial charge on any atom is -0.368 e. The first kappa shape index (κ1) is 20.3. The molecular weight excluding hydrogens is 398 g/mol. The highest BCUT2D eigenvalue weighted by Crippen LogP contribution is 2.30. The molecule has 0 amide bonds. The summed E-state index contributed by atoms with van der Waals surface area (Å²) in [7, 11) is 2.14. The van der Waals surface area contributed by atoms with Crippen LogP contribution in [0.25, 0.3) is 11.3 Å². The van der Waals surface area contributed by atoms with Crippen LogP contribution in [0.4, 0.5) is 17.5 Å². The van der Waals surface area contributed by atoms with Crippen LogP contribution in [0, 0.1) is 11.3 Å². The zero-order valence-corrected chi connectivity index (χ0v) is 18.3. The van der Waals surface area contributed by atoms with Crippen LogP contribution in [0.5, 0.6) is 0 Å². The van der Waals surface area contributed by atoms with E-state index in [1.54, 1.807) is 0 Å². The van der Waals surface area contributed by atoms with Crippen molar-refractivity contribution in [1.82, 2.24) is 14.9 Å². The average Bonchev–Trinajstić information content (AvgIpc) is 2.83. The highest BCUT2D eigenvalue weighted by molar-refractivity contribution is 5.66. The van der Waals surface area contributed by atoms with Crippen LogP contribution < -0.4 is 15.5 Å². The minimum absolute atomic E-state index is 0.313. The van der Waals surface area contributed by atoms with E-state index in [2.05, 4.69) is 62.1 Å². The lowest BCUT2D eigenvalue weighted by Crippen LogP contribution is -2.44. The third-order valence-electron chi connectivity index (χ3n) is 6.43. The molecule has 2 aliphatic rings. The molecule has 0 radical (unpaired) electrons. The predicted octanol–water partition coefficient (Wildman–Crippen LogP) is 2.91. The molecular formula is C25H27N7. The number of piperazine rings is 1. The van der Waals surface area contributed by atoms with Crippen LogP contribution >= 0.6 is 0 Å². The van der Waals surface area contributed by atoms with Crippen LogP contribution in [0.15, 0.2) is 48.5 Å². The molecule has 7 heteroatoms. The van der Waals surface area contributed by atoms with Gasteiger partial charge in [0.1, 0.15) is 5.82 Å². The van der Waals surface area contributed by atoms with Crippen molar-refractivity contribution in [2.24, 2.45) is 0 Å². The average molecular weight is 426 g/mol. The Morgan fingerprint density at radius 1 is 0.875 bits per heavy atom. The molecule has 0 unspecified atom stereocenters. The van der Waals surface area contributed by atoms with Gasteiger partial charge in [0.05, 0.1) is 17.3 Å². The first-order chi connectivity index (χ1) is 15.6. The number of likely N-dealkylation sites (N-methyl/N-ethyl adjacent to an activating group) is 1. The molecule has 7 nitrogen and oxygen atoms in total. The highest BCUT2D eigenvalue weighted by atomic mass is 15.3. The van der Waals surface area contributed by atoms with E-state index in [0.29, 0.717) is 11.5 Å². The lowest BCUT2D eigenvalue weighted by molar-refractivity contribution is 0.312. The fourth-order valence-electron chi connectivity index (χ4n) is 4.48. The number of hydrogen-bond donors (Lipinski definition) is 1. The number of anilines is 3. The molecule has 162 valence electrons. The van der Waals surface area contributed by atoms with E-state index in [4.69, 9.17) is 11.0 Å². The van der Waals surface area contributed by atoms with Crippen molar-refractivity contribution < 1.29 is 0 Å². The lowest BCUT2D eigenvalue weighted by Gasteiger charge is -2.33. The molecule has 3 heterocycles. The van der Waals surface area contributed by atoms with Crippen molar-refractivity contribution in [3.05, 3.63) is 65.2 Å². The highest BCUT2D eigenvalue weighted by Gasteiger charge is 2.20. The van der Waals surface area contributed by atoms with Gasteiger partial charge in [-0.1, -0.05) is 12.1 Å². The van der Waals surface area contributed by atoms with E-state index in [9.17, 15) is 0 Å². The van der Waals surface area contributed by atoms with Gasteiger partial charge in [0, 0.05) is 56.6 Å². The topological polar surface area (TPSA) is 85.3 Å². The second-order valence-electron chi connectivity index (χ2n) is 8.57. The Hall–Kier alpha value is -3.63. The fourth-order valence-corrected chi connectivity index (χ4v) is 4.48. The van der Waals surface area contributed by atoms with E-state index in [-0.39, 0.29) is 0 Å². The molecule has 2 aromatic carbocycles. The van der Waals surface area contributed by atoms with Crippen molar-refractivity contribution in [2.45, 2.75) is 13.0 Å². The van der Waals surface area contributed by atoms with Crippen LogP contribution in [0.3, 0.4) is 0 Å². The van der Waals surface area contributed by atoms with Crippen molar-refractivity contribution in [1.29, 1.82) is 5.26 Å². The maximum Gasteiger partial charge on any atom is 0.222 e. The lowest BCUT2D eigenvalue weighted by atomic mass is 9.96. The van der Waals surface area contributed by atoms with Gasteiger partial charge in [0.2, 0.25) is 5.95 Å². The largest absolute Gasteiger partial charge is 0.368 e. The summed E-state index contributed by atoms with van der Waals surface area (Å²) in [5.74, 6) is 1.21. The van der Waals surface area contributed by atoms with Gasteiger partial charge in [-0.15, -0.1) is 0 Å². The monoisotopic (exact) mass is 425 g/mol. The minimum atomic E-state index is 0.313. The van der Waals surface area contributed by atoms with E-state index in [0.717, 1.165) is 68.5 Å².